The molecule has 3 aromatic rings. The van der Waals surface area contributed by atoms with Crippen molar-refractivity contribution in [3.63, 3.8) is 0 Å². The van der Waals surface area contributed by atoms with E-state index in [1.165, 1.54) is 11.8 Å². The van der Waals surface area contributed by atoms with Crippen LogP contribution in [0.15, 0.2) is 29.9 Å². The van der Waals surface area contributed by atoms with Gasteiger partial charge in [0.05, 0.1) is 17.1 Å². The van der Waals surface area contributed by atoms with Gasteiger partial charge in [-0.15, -0.1) is 0 Å². The molecule has 0 amide bonds. The first-order valence-electron chi connectivity index (χ1n) is 5.63. The average Bonchev–Trinajstić information content (AvgIpc) is 2.85. The predicted molar refractivity (Wildman–Crippen MR) is 75.7 cm³/mol. The number of rotatable bonds is 2. The first-order chi connectivity index (χ1) is 9.19. The van der Waals surface area contributed by atoms with Crippen LogP contribution in [0.2, 0.25) is 0 Å². The van der Waals surface area contributed by atoms with Crippen molar-refractivity contribution >= 4 is 28.5 Å². The monoisotopic (exact) mass is 272 g/mol. The van der Waals surface area contributed by atoms with Crippen molar-refractivity contribution in [3.8, 4) is 11.1 Å². The van der Waals surface area contributed by atoms with Crippen LogP contribution in [0.5, 0.6) is 0 Å². The standard InChI is InChI=1S/C12H12N6S/c1-18-6-7(3-16-18)8-4-14-11(13)9-5-15-12(19-2)17-10(8)9/h3-6H,1-2H3,(H2,13,14). The number of nitrogens with zero attached hydrogens (tertiary/aromatic N) is 5. The second-order valence-corrected chi connectivity index (χ2v) is 4.85. The van der Waals surface area contributed by atoms with E-state index < -0.39 is 0 Å². The summed E-state index contributed by atoms with van der Waals surface area (Å²) in [5.74, 6) is 0.440. The van der Waals surface area contributed by atoms with Crippen molar-refractivity contribution in [2.45, 2.75) is 5.16 Å². The first kappa shape index (κ1) is 11.9. The second kappa shape index (κ2) is 4.51. The molecule has 3 heterocycles. The van der Waals surface area contributed by atoms with E-state index in [1.807, 2.05) is 19.5 Å². The summed E-state index contributed by atoms with van der Waals surface area (Å²) in [7, 11) is 1.87. The fourth-order valence-corrected chi connectivity index (χ4v) is 2.23. The molecule has 0 saturated carbocycles. The molecule has 0 aliphatic carbocycles. The lowest BCUT2D eigenvalue weighted by Crippen LogP contribution is -1.97. The molecule has 96 valence electrons. The van der Waals surface area contributed by atoms with E-state index in [1.54, 1.807) is 23.3 Å². The van der Waals surface area contributed by atoms with E-state index in [2.05, 4.69) is 20.1 Å². The molecule has 2 N–H and O–H groups in total. The zero-order valence-corrected chi connectivity index (χ0v) is 11.3. The number of anilines is 1. The van der Waals surface area contributed by atoms with Crippen molar-refractivity contribution in [1.82, 2.24) is 24.7 Å². The number of pyridine rings is 1. The van der Waals surface area contributed by atoms with Crippen LogP contribution in [0.3, 0.4) is 0 Å². The van der Waals surface area contributed by atoms with Gasteiger partial charge in [0.2, 0.25) is 0 Å². The summed E-state index contributed by atoms with van der Waals surface area (Å²) < 4.78 is 1.74. The molecule has 0 radical (unpaired) electrons. The number of nitrogens with two attached hydrogens (primary N) is 1. The third-order valence-electron chi connectivity index (χ3n) is 2.83. The van der Waals surface area contributed by atoms with Crippen LogP contribution >= 0.6 is 11.8 Å². The maximum Gasteiger partial charge on any atom is 0.187 e. The summed E-state index contributed by atoms with van der Waals surface area (Å²) in [5.41, 5.74) is 8.56. The molecule has 0 saturated heterocycles. The molecule has 0 unspecified atom stereocenters. The van der Waals surface area contributed by atoms with Crippen molar-refractivity contribution in [2.24, 2.45) is 7.05 Å². The van der Waals surface area contributed by atoms with Gasteiger partial charge in [0, 0.05) is 36.8 Å². The van der Waals surface area contributed by atoms with E-state index in [0.717, 1.165) is 22.0 Å². The molecule has 6 nitrogen and oxygen atoms in total. The van der Waals surface area contributed by atoms with E-state index in [0.29, 0.717) is 11.0 Å². The number of fused-ring (bicyclic) bond motifs is 1. The maximum atomic E-state index is 5.88. The largest absolute Gasteiger partial charge is 0.383 e. The van der Waals surface area contributed by atoms with E-state index >= 15 is 0 Å². The summed E-state index contributed by atoms with van der Waals surface area (Å²) >= 11 is 1.49. The first-order valence-corrected chi connectivity index (χ1v) is 6.85. The highest BCUT2D eigenvalue weighted by atomic mass is 32.2. The molecule has 7 heteroatoms. The SMILES string of the molecule is CSc1ncc2c(N)ncc(-c3cnn(C)c3)c2n1. The fourth-order valence-electron chi connectivity index (χ4n) is 1.89. The minimum atomic E-state index is 0.440. The summed E-state index contributed by atoms with van der Waals surface area (Å²) in [6.07, 6.45) is 9.10. The van der Waals surface area contributed by atoms with Gasteiger partial charge in [-0.3, -0.25) is 4.68 Å². The Morgan fingerprint density at radius 1 is 1.21 bits per heavy atom. The van der Waals surface area contributed by atoms with Gasteiger partial charge < -0.3 is 5.73 Å². The Kier molecular flexibility index (Phi) is 2.83. The van der Waals surface area contributed by atoms with Crippen molar-refractivity contribution in [3.05, 3.63) is 24.8 Å². The highest BCUT2D eigenvalue weighted by Crippen LogP contribution is 2.29. The number of nitrogen functional groups attached to an aromatic ring is 1. The number of hydrogen-bond donors (Lipinski definition) is 1. The van der Waals surface area contributed by atoms with Crippen LogP contribution in [0.25, 0.3) is 22.0 Å². The van der Waals surface area contributed by atoms with E-state index in [4.69, 9.17) is 5.73 Å². The van der Waals surface area contributed by atoms with Gasteiger partial charge in [-0.1, -0.05) is 11.8 Å². The van der Waals surface area contributed by atoms with Crippen molar-refractivity contribution < 1.29 is 0 Å². The van der Waals surface area contributed by atoms with Crippen LogP contribution in [0, 0.1) is 0 Å². The lowest BCUT2D eigenvalue weighted by molar-refractivity contribution is 0.768. The minimum Gasteiger partial charge on any atom is -0.383 e. The fraction of sp³-hybridized carbons (Fsp3) is 0.167. The Hall–Kier alpha value is -2.15. The third-order valence-corrected chi connectivity index (χ3v) is 3.39. The molecule has 3 aromatic heterocycles. The topological polar surface area (TPSA) is 82.5 Å². The summed E-state index contributed by atoms with van der Waals surface area (Å²) in [5, 5.41) is 5.65. The Bertz CT molecular complexity index is 751. The Morgan fingerprint density at radius 3 is 2.74 bits per heavy atom. The summed E-state index contributed by atoms with van der Waals surface area (Å²) in [4.78, 5) is 13.0. The molecule has 0 aliphatic heterocycles. The van der Waals surface area contributed by atoms with Gasteiger partial charge in [0.1, 0.15) is 5.82 Å². The second-order valence-electron chi connectivity index (χ2n) is 4.08. The van der Waals surface area contributed by atoms with Crippen LogP contribution < -0.4 is 5.73 Å². The van der Waals surface area contributed by atoms with Gasteiger partial charge in [-0.05, 0) is 6.26 Å². The highest BCUT2D eigenvalue weighted by molar-refractivity contribution is 7.98. The molecule has 0 spiro atoms. The Labute approximate surface area is 114 Å². The minimum absolute atomic E-state index is 0.440. The van der Waals surface area contributed by atoms with Crippen LogP contribution in [0.1, 0.15) is 0 Å². The smallest absolute Gasteiger partial charge is 0.187 e. The quantitative estimate of drug-likeness (QED) is 0.565. The van der Waals surface area contributed by atoms with Crippen LogP contribution in [-0.2, 0) is 7.05 Å². The van der Waals surface area contributed by atoms with Crippen molar-refractivity contribution in [1.29, 1.82) is 0 Å². The number of hydrogen-bond acceptors (Lipinski definition) is 6. The van der Waals surface area contributed by atoms with E-state index in [9.17, 15) is 0 Å². The lowest BCUT2D eigenvalue weighted by Gasteiger charge is -2.06. The van der Waals surface area contributed by atoms with Gasteiger partial charge in [-0.2, -0.15) is 5.10 Å². The predicted octanol–water partition coefficient (Wildman–Crippen LogP) is 1.73. The van der Waals surface area contributed by atoms with Crippen LogP contribution in [-0.4, -0.2) is 31.0 Å². The zero-order chi connectivity index (χ0) is 13.4. The van der Waals surface area contributed by atoms with Gasteiger partial charge in [0.25, 0.3) is 0 Å². The molecular weight excluding hydrogens is 260 g/mol. The molecule has 0 fully saturated rings. The Balaban J connectivity index is 2.32. The summed E-state index contributed by atoms with van der Waals surface area (Å²) in [6, 6.07) is 0. The molecule has 19 heavy (non-hydrogen) atoms. The average molecular weight is 272 g/mol. The van der Waals surface area contributed by atoms with Crippen LogP contribution in [0.4, 0.5) is 5.82 Å². The molecular formula is C12H12N6S. The number of aromatic nitrogens is 5. The highest BCUT2D eigenvalue weighted by Gasteiger charge is 2.11. The number of aryl methyl sites for hydroxylation is 1. The maximum absolute atomic E-state index is 5.88. The normalized spacial score (nSPS) is 11.1. The molecule has 0 atom stereocenters. The zero-order valence-electron chi connectivity index (χ0n) is 10.5. The Morgan fingerprint density at radius 2 is 2.05 bits per heavy atom. The molecule has 0 aliphatic rings. The molecule has 3 rings (SSSR count). The molecule has 0 bridgehead atoms. The number of thioether (sulfide) groups is 1. The summed E-state index contributed by atoms with van der Waals surface area (Å²) in [6.45, 7) is 0. The molecule has 0 aromatic carbocycles. The van der Waals surface area contributed by atoms with Crippen molar-refractivity contribution in [2.75, 3.05) is 12.0 Å². The van der Waals surface area contributed by atoms with Gasteiger partial charge in [0.15, 0.2) is 5.16 Å². The third kappa shape index (κ3) is 2.01. The lowest BCUT2D eigenvalue weighted by atomic mass is 10.1. The van der Waals surface area contributed by atoms with E-state index in [-0.39, 0.29) is 0 Å². The van der Waals surface area contributed by atoms with Gasteiger partial charge in [-0.25, -0.2) is 15.0 Å². The van der Waals surface area contributed by atoms with Gasteiger partial charge >= 0.3 is 0 Å².